The molecule has 1 heterocycles. The van der Waals surface area contributed by atoms with Gasteiger partial charge in [-0.1, -0.05) is 18.2 Å². The van der Waals surface area contributed by atoms with E-state index in [0.29, 0.717) is 0 Å². The van der Waals surface area contributed by atoms with Gasteiger partial charge in [0.1, 0.15) is 0 Å². The van der Waals surface area contributed by atoms with Crippen LogP contribution in [-0.2, 0) is 4.79 Å². The van der Waals surface area contributed by atoms with Crippen molar-refractivity contribution in [2.75, 3.05) is 0 Å². The second kappa shape index (κ2) is 3.64. The van der Waals surface area contributed by atoms with E-state index in [0.717, 1.165) is 16.5 Å². The van der Waals surface area contributed by atoms with Crippen molar-refractivity contribution >= 4 is 17.2 Å². The van der Waals surface area contributed by atoms with Crippen LogP contribution in [0.3, 0.4) is 0 Å². The maximum absolute atomic E-state index is 10.2. The van der Waals surface area contributed by atoms with Gasteiger partial charge in [0.2, 0.25) is 0 Å². The van der Waals surface area contributed by atoms with E-state index in [1.807, 2.05) is 36.7 Å². The predicted octanol–water partition coefficient (Wildman–Crippen LogP) is 1.67. The summed E-state index contributed by atoms with van der Waals surface area (Å²) in [6.45, 7) is 0. The highest BCUT2D eigenvalue weighted by Gasteiger charge is 2.10. The zero-order valence-electron chi connectivity index (χ0n) is 7.66. The van der Waals surface area contributed by atoms with Crippen LogP contribution in [0.1, 0.15) is 18.0 Å². The summed E-state index contributed by atoms with van der Waals surface area (Å²) in [4.78, 5) is 13.3. The largest absolute Gasteiger partial charge is 0.361 e. The number of para-hydroxylation sites is 1. The number of aromatic nitrogens is 1. The summed E-state index contributed by atoms with van der Waals surface area (Å²) in [5.74, 6) is 0. The predicted molar refractivity (Wildman–Crippen MR) is 55.5 cm³/mol. The monoisotopic (exact) mass is 187 g/mol. The van der Waals surface area contributed by atoms with Crippen molar-refractivity contribution < 1.29 is 4.79 Å². The smallest absolute Gasteiger partial charge is 0.200 e. The Morgan fingerprint density at radius 2 is 2.21 bits per heavy atom. The number of fused-ring (bicyclic) bond motifs is 1. The molecule has 1 aromatic heterocycles. The summed E-state index contributed by atoms with van der Waals surface area (Å²) in [5.41, 5.74) is 7.85. The van der Waals surface area contributed by atoms with Crippen molar-refractivity contribution in [1.82, 2.24) is 4.98 Å². The van der Waals surface area contributed by atoms with E-state index >= 15 is 0 Å². The minimum absolute atomic E-state index is 0.238. The van der Waals surface area contributed by atoms with Gasteiger partial charge in [0, 0.05) is 29.6 Å². The molecule has 14 heavy (non-hydrogen) atoms. The molecule has 3 heteroatoms. The van der Waals surface area contributed by atoms with Crippen LogP contribution in [0.2, 0.25) is 0 Å². The van der Waals surface area contributed by atoms with E-state index in [-0.39, 0.29) is 12.5 Å². The Labute approximate surface area is 81.9 Å². The van der Waals surface area contributed by atoms with Crippen LogP contribution in [0.5, 0.6) is 0 Å². The number of nitrogens with two attached hydrogens (primary N) is 1. The summed E-state index contributed by atoms with van der Waals surface area (Å²) in [7, 11) is 0. The molecule has 0 aliphatic heterocycles. The van der Waals surface area contributed by atoms with Crippen molar-refractivity contribution in [3.05, 3.63) is 36.0 Å². The normalized spacial score (nSPS) is 12.9. The number of benzene rings is 1. The SMILES string of the molecule is N[C@@H](C[C]=O)c1c[nH]c2ccccc12. The van der Waals surface area contributed by atoms with Crippen LogP contribution in [0.15, 0.2) is 30.5 Å². The van der Waals surface area contributed by atoms with Crippen LogP contribution in [-0.4, -0.2) is 11.3 Å². The second-order valence-corrected chi connectivity index (χ2v) is 3.24. The first-order chi connectivity index (χ1) is 6.83. The van der Waals surface area contributed by atoms with Gasteiger partial charge in [0.25, 0.3) is 0 Å². The highest BCUT2D eigenvalue weighted by molar-refractivity contribution is 5.83. The molecule has 1 radical (unpaired) electrons. The maximum atomic E-state index is 10.2. The lowest BCUT2D eigenvalue weighted by atomic mass is 10.0. The molecule has 3 N–H and O–H groups in total. The lowest BCUT2D eigenvalue weighted by Crippen LogP contribution is -2.09. The van der Waals surface area contributed by atoms with E-state index in [2.05, 4.69) is 4.98 Å². The molecule has 0 unspecified atom stereocenters. The van der Waals surface area contributed by atoms with Gasteiger partial charge in [-0.25, -0.2) is 0 Å². The first kappa shape index (κ1) is 8.97. The van der Waals surface area contributed by atoms with Gasteiger partial charge in [0.05, 0.1) is 0 Å². The fourth-order valence-electron chi connectivity index (χ4n) is 1.60. The third kappa shape index (κ3) is 1.42. The number of rotatable bonds is 3. The van der Waals surface area contributed by atoms with Crippen molar-refractivity contribution in [2.24, 2.45) is 5.73 Å². The third-order valence-corrected chi connectivity index (χ3v) is 2.32. The van der Waals surface area contributed by atoms with Gasteiger partial charge in [-0.05, 0) is 11.6 Å². The average molecular weight is 187 g/mol. The molecular formula is C11H11N2O. The Balaban J connectivity index is 2.47. The number of hydrogen-bond acceptors (Lipinski definition) is 2. The molecule has 0 aliphatic rings. The fourth-order valence-corrected chi connectivity index (χ4v) is 1.60. The number of aromatic amines is 1. The first-order valence-corrected chi connectivity index (χ1v) is 4.49. The van der Waals surface area contributed by atoms with Crippen LogP contribution in [0.25, 0.3) is 10.9 Å². The summed E-state index contributed by atoms with van der Waals surface area (Å²) < 4.78 is 0. The molecule has 0 saturated heterocycles. The standard InChI is InChI=1S/C11H11N2O/c12-10(5-6-14)9-7-13-11-4-2-1-3-8(9)11/h1-4,7,10,13H,5,12H2/t10-/m0/s1. The van der Waals surface area contributed by atoms with Crippen molar-refractivity contribution in [3.63, 3.8) is 0 Å². The minimum Gasteiger partial charge on any atom is -0.361 e. The molecule has 0 aliphatic carbocycles. The van der Waals surface area contributed by atoms with Gasteiger partial charge >= 0.3 is 0 Å². The molecule has 3 nitrogen and oxygen atoms in total. The molecule has 0 spiro atoms. The highest BCUT2D eigenvalue weighted by atomic mass is 16.1. The lowest BCUT2D eigenvalue weighted by molar-refractivity contribution is 0.543. The molecule has 0 saturated carbocycles. The molecule has 71 valence electrons. The third-order valence-electron chi connectivity index (χ3n) is 2.32. The number of nitrogens with one attached hydrogen (secondary N) is 1. The number of carbonyl (C=O) groups excluding carboxylic acids is 1. The lowest BCUT2D eigenvalue weighted by Gasteiger charge is -2.05. The Hall–Kier alpha value is -1.61. The van der Waals surface area contributed by atoms with E-state index in [4.69, 9.17) is 5.73 Å². The van der Waals surface area contributed by atoms with Gasteiger partial charge in [0.15, 0.2) is 6.29 Å². The zero-order valence-corrected chi connectivity index (χ0v) is 7.66. The highest BCUT2D eigenvalue weighted by Crippen LogP contribution is 2.23. The van der Waals surface area contributed by atoms with Crippen LogP contribution in [0, 0.1) is 0 Å². The van der Waals surface area contributed by atoms with Crippen molar-refractivity contribution in [3.8, 4) is 0 Å². The molecule has 2 aromatic rings. The quantitative estimate of drug-likeness (QED) is 0.767. The number of hydrogen-bond donors (Lipinski definition) is 2. The second-order valence-electron chi connectivity index (χ2n) is 3.24. The number of H-pyrrole nitrogens is 1. The fraction of sp³-hybridized carbons (Fsp3) is 0.182. The summed E-state index contributed by atoms with van der Waals surface area (Å²) in [6.07, 6.45) is 3.92. The average Bonchev–Trinajstić information content (AvgIpc) is 2.61. The van der Waals surface area contributed by atoms with Crippen molar-refractivity contribution in [2.45, 2.75) is 12.5 Å². The Bertz CT molecular complexity index is 447. The molecule has 0 bridgehead atoms. The van der Waals surface area contributed by atoms with Gasteiger partial charge < -0.3 is 10.7 Å². The molecule has 2 rings (SSSR count). The van der Waals surface area contributed by atoms with E-state index in [1.54, 1.807) is 0 Å². The van der Waals surface area contributed by atoms with Gasteiger partial charge in [-0.2, -0.15) is 0 Å². The minimum atomic E-state index is -0.261. The summed E-state index contributed by atoms with van der Waals surface area (Å²) in [5, 5.41) is 1.08. The molecule has 0 fully saturated rings. The van der Waals surface area contributed by atoms with E-state index < -0.39 is 0 Å². The summed E-state index contributed by atoms with van der Waals surface area (Å²) >= 11 is 0. The van der Waals surface area contributed by atoms with Gasteiger partial charge in [-0.3, -0.25) is 4.79 Å². The topological polar surface area (TPSA) is 58.9 Å². The van der Waals surface area contributed by atoms with Crippen LogP contribution < -0.4 is 5.73 Å². The Kier molecular flexibility index (Phi) is 2.33. The Morgan fingerprint density at radius 1 is 1.43 bits per heavy atom. The van der Waals surface area contributed by atoms with Crippen molar-refractivity contribution in [1.29, 1.82) is 0 Å². The molecule has 1 aromatic carbocycles. The summed E-state index contributed by atoms with van der Waals surface area (Å²) in [6, 6.07) is 7.63. The Morgan fingerprint density at radius 3 is 3.00 bits per heavy atom. The van der Waals surface area contributed by atoms with E-state index in [1.165, 1.54) is 0 Å². The zero-order chi connectivity index (χ0) is 9.97. The maximum Gasteiger partial charge on any atom is 0.200 e. The molecule has 0 amide bonds. The molecular weight excluding hydrogens is 176 g/mol. The molecule has 1 atom stereocenters. The first-order valence-electron chi connectivity index (χ1n) is 4.49. The van der Waals surface area contributed by atoms with Gasteiger partial charge in [-0.15, -0.1) is 0 Å². The van der Waals surface area contributed by atoms with Crippen LogP contribution >= 0.6 is 0 Å². The van der Waals surface area contributed by atoms with E-state index in [9.17, 15) is 4.79 Å². The van der Waals surface area contributed by atoms with Crippen LogP contribution in [0.4, 0.5) is 0 Å².